The second kappa shape index (κ2) is 5.86. The van der Waals surface area contributed by atoms with Gasteiger partial charge in [-0.15, -0.1) is 0 Å². The van der Waals surface area contributed by atoms with Gasteiger partial charge in [0.1, 0.15) is 0 Å². The SMILES string of the molecule is O=C(O)C1CCC(=O)N(Cc2cccc([N+](=O)[O-])c2F)C1. The molecule has 1 aliphatic rings. The lowest BCUT2D eigenvalue weighted by Gasteiger charge is -2.30. The van der Waals surface area contributed by atoms with Crippen LogP contribution in [-0.4, -0.2) is 33.4 Å². The van der Waals surface area contributed by atoms with E-state index in [2.05, 4.69) is 0 Å². The van der Waals surface area contributed by atoms with Crippen LogP contribution in [0.2, 0.25) is 0 Å². The number of benzene rings is 1. The minimum atomic E-state index is -1.01. The molecule has 0 aliphatic carbocycles. The van der Waals surface area contributed by atoms with Gasteiger partial charge in [0, 0.05) is 31.1 Å². The molecule has 1 fully saturated rings. The summed E-state index contributed by atoms with van der Waals surface area (Å²) >= 11 is 0. The number of halogens is 1. The second-order valence-electron chi connectivity index (χ2n) is 4.86. The Kier molecular flexibility index (Phi) is 4.15. The Morgan fingerprint density at radius 3 is 2.86 bits per heavy atom. The quantitative estimate of drug-likeness (QED) is 0.671. The predicted molar refractivity (Wildman–Crippen MR) is 68.8 cm³/mol. The minimum absolute atomic E-state index is 0.00332. The molecule has 1 amide bonds. The first kappa shape index (κ1) is 14.9. The standard InChI is InChI=1S/C13H13FN2O5/c14-12-8(2-1-3-10(12)16(20)21)6-15-7-9(13(18)19)4-5-11(15)17/h1-3,9H,4-7H2,(H,18,19). The van der Waals surface area contributed by atoms with Crippen molar-refractivity contribution in [2.75, 3.05) is 6.54 Å². The van der Waals surface area contributed by atoms with Crippen molar-refractivity contribution in [1.29, 1.82) is 0 Å². The molecule has 0 saturated carbocycles. The van der Waals surface area contributed by atoms with Crippen molar-refractivity contribution in [3.63, 3.8) is 0 Å². The highest BCUT2D eigenvalue weighted by Crippen LogP contribution is 2.24. The van der Waals surface area contributed by atoms with Gasteiger partial charge in [-0.25, -0.2) is 0 Å². The second-order valence-corrected chi connectivity index (χ2v) is 4.86. The summed E-state index contributed by atoms with van der Waals surface area (Å²) in [5, 5.41) is 19.7. The molecule has 1 saturated heterocycles. The maximum Gasteiger partial charge on any atom is 0.308 e. The zero-order chi connectivity index (χ0) is 15.6. The van der Waals surface area contributed by atoms with E-state index in [0.29, 0.717) is 0 Å². The van der Waals surface area contributed by atoms with E-state index in [0.717, 1.165) is 6.07 Å². The number of hydrogen-bond donors (Lipinski definition) is 1. The summed E-state index contributed by atoms with van der Waals surface area (Å²) in [6.45, 7) is -0.188. The van der Waals surface area contributed by atoms with Crippen LogP contribution >= 0.6 is 0 Å². The number of nitrogens with zero attached hydrogens (tertiary/aromatic N) is 2. The van der Waals surface area contributed by atoms with E-state index < -0.39 is 28.3 Å². The normalized spacial score (nSPS) is 18.6. The van der Waals surface area contributed by atoms with Crippen LogP contribution in [0.15, 0.2) is 18.2 Å². The molecule has 1 aromatic carbocycles. The molecular weight excluding hydrogens is 283 g/mol. The molecule has 0 bridgehead atoms. The van der Waals surface area contributed by atoms with Crippen LogP contribution in [0.4, 0.5) is 10.1 Å². The number of nitro groups is 1. The summed E-state index contributed by atoms with van der Waals surface area (Å²) in [5.74, 6) is -2.97. The van der Waals surface area contributed by atoms with E-state index in [1.54, 1.807) is 0 Å². The van der Waals surface area contributed by atoms with Crippen LogP contribution in [0.25, 0.3) is 0 Å². The smallest absolute Gasteiger partial charge is 0.308 e. The fourth-order valence-corrected chi connectivity index (χ4v) is 2.30. The van der Waals surface area contributed by atoms with E-state index in [1.807, 2.05) is 0 Å². The summed E-state index contributed by atoms with van der Waals surface area (Å²) < 4.78 is 14.0. The van der Waals surface area contributed by atoms with E-state index in [-0.39, 0.29) is 37.4 Å². The third kappa shape index (κ3) is 3.15. The number of hydrogen-bond acceptors (Lipinski definition) is 4. The summed E-state index contributed by atoms with van der Waals surface area (Å²) in [6.07, 6.45) is 0.329. The van der Waals surface area contributed by atoms with Crippen molar-refractivity contribution in [2.45, 2.75) is 19.4 Å². The van der Waals surface area contributed by atoms with Crippen molar-refractivity contribution < 1.29 is 24.0 Å². The monoisotopic (exact) mass is 296 g/mol. The first-order chi connectivity index (χ1) is 9.90. The fourth-order valence-electron chi connectivity index (χ4n) is 2.30. The number of carbonyl (C=O) groups excluding carboxylic acids is 1. The average molecular weight is 296 g/mol. The van der Waals surface area contributed by atoms with Crippen LogP contribution in [0.3, 0.4) is 0 Å². The molecule has 7 nitrogen and oxygen atoms in total. The molecule has 1 heterocycles. The number of aliphatic carboxylic acids is 1. The molecule has 0 aromatic heterocycles. The number of carboxylic acids is 1. The first-order valence-electron chi connectivity index (χ1n) is 6.32. The number of likely N-dealkylation sites (tertiary alicyclic amines) is 1. The van der Waals surface area contributed by atoms with E-state index in [1.165, 1.54) is 17.0 Å². The maximum absolute atomic E-state index is 14.0. The zero-order valence-electron chi connectivity index (χ0n) is 11.0. The molecule has 21 heavy (non-hydrogen) atoms. The molecule has 1 atom stereocenters. The highest BCUT2D eigenvalue weighted by molar-refractivity contribution is 5.80. The van der Waals surface area contributed by atoms with Crippen LogP contribution in [-0.2, 0) is 16.1 Å². The molecule has 1 aromatic rings. The highest BCUT2D eigenvalue weighted by atomic mass is 19.1. The number of nitro benzene ring substituents is 1. The number of amides is 1. The topological polar surface area (TPSA) is 101 Å². The Morgan fingerprint density at radius 2 is 2.24 bits per heavy atom. The van der Waals surface area contributed by atoms with Crippen molar-refractivity contribution >= 4 is 17.6 Å². The molecule has 2 rings (SSSR count). The molecule has 8 heteroatoms. The van der Waals surface area contributed by atoms with Crippen molar-refractivity contribution in [3.8, 4) is 0 Å². The van der Waals surface area contributed by atoms with Crippen molar-refractivity contribution in [2.24, 2.45) is 5.92 Å². The Balaban J connectivity index is 2.20. The van der Waals surface area contributed by atoms with Crippen molar-refractivity contribution in [1.82, 2.24) is 4.90 Å². The van der Waals surface area contributed by atoms with E-state index in [4.69, 9.17) is 5.11 Å². The summed E-state index contributed by atoms with van der Waals surface area (Å²) in [6, 6.07) is 3.72. The number of carbonyl (C=O) groups is 2. The summed E-state index contributed by atoms with van der Waals surface area (Å²) in [7, 11) is 0. The van der Waals surface area contributed by atoms with Gasteiger partial charge in [0.05, 0.1) is 10.8 Å². The predicted octanol–water partition coefficient (Wildman–Crippen LogP) is 1.56. The van der Waals surface area contributed by atoms with Gasteiger partial charge in [0.15, 0.2) is 0 Å². The van der Waals surface area contributed by atoms with Gasteiger partial charge in [0.25, 0.3) is 0 Å². The largest absolute Gasteiger partial charge is 0.481 e. The van der Waals surface area contributed by atoms with Gasteiger partial charge >= 0.3 is 11.7 Å². The Hall–Kier alpha value is -2.51. The third-order valence-electron chi connectivity index (χ3n) is 3.47. The molecule has 112 valence electrons. The van der Waals surface area contributed by atoms with E-state index in [9.17, 15) is 24.1 Å². The fraction of sp³-hybridized carbons (Fsp3) is 0.385. The van der Waals surface area contributed by atoms with Gasteiger partial charge in [-0.2, -0.15) is 4.39 Å². The number of rotatable bonds is 4. The minimum Gasteiger partial charge on any atom is -0.481 e. The Bertz CT molecular complexity index is 604. The van der Waals surface area contributed by atoms with Crippen LogP contribution in [0.5, 0.6) is 0 Å². The lowest BCUT2D eigenvalue weighted by Crippen LogP contribution is -2.42. The van der Waals surface area contributed by atoms with E-state index >= 15 is 0 Å². The molecule has 1 unspecified atom stereocenters. The van der Waals surface area contributed by atoms with Gasteiger partial charge in [-0.3, -0.25) is 19.7 Å². The number of carboxylic acid groups (broad SMARTS) is 1. The Morgan fingerprint density at radius 1 is 1.52 bits per heavy atom. The van der Waals surface area contributed by atoms with Gasteiger partial charge in [-0.1, -0.05) is 12.1 Å². The Labute approximate surface area is 119 Å². The van der Waals surface area contributed by atoms with Crippen LogP contribution in [0, 0.1) is 21.8 Å². The molecule has 1 aliphatic heterocycles. The van der Waals surface area contributed by atoms with Gasteiger partial charge in [-0.05, 0) is 6.42 Å². The zero-order valence-corrected chi connectivity index (χ0v) is 11.0. The molecule has 0 radical (unpaired) electrons. The summed E-state index contributed by atoms with van der Waals surface area (Å²) in [4.78, 5) is 33.8. The lowest BCUT2D eigenvalue weighted by atomic mass is 9.97. The first-order valence-corrected chi connectivity index (χ1v) is 6.32. The maximum atomic E-state index is 14.0. The van der Waals surface area contributed by atoms with Crippen LogP contribution in [0.1, 0.15) is 18.4 Å². The highest BCUT2D eigenvalue weighted by Gasteiger charge is 2.31. The van der Waals surface area contributed by atoms with Crippen LogP contribution < -0.4 is 0 Å². The lowest BCUT2D eigenvalue weighted by molar-refractivity contribution is -0.387. The molecule has 0 spiro atoms. The van der Waals surface area contributed by atoms with Crippen molar-refractivity contribution in [3.05, 3.63) is 39.7 Å². The summed E-state index contributed by atoms with van der Waals surface area (Å²) in [5.41, 5.74) is -0.657. The third-order valence-corrected chi connectivity index (χ3v) is 3.47. The average Bonchev–Trinajstić information content (AvgIpc) is 2.42. The molecular formula is C13H13FN2O5. The number of piperidine rings is 1. The van der Waals surface area contributed by atoms with Gasteiger partial charge < -0.3 is 10.0 Å². The molecule has 1 N–H and O–H groups in total. The van der Waals surface area contributed by atoms with Gasteiger partial charge in [0.2, 0.25) is 11.7 Å².